The second-order valence-electron chi connectivity index (χ2n) is 10.5. The van der Waals surface area contributed by atoms with Crippen molar-refractivity contribution in [3.63, 3.8) is 0 Å². The number of carbonyl (C=O) groups excluding carboxylic acids is 2. The van der Waals surface area contributed by atoms with Gasteiger partial charge < -0.3 is 15.0 Å². The van der Waals surface area contributed by atoms with E-state index in [4.69, 9.17) is 16.3 Å². The molecule has 1 atom stereocenters. The van der Waals surface area contributed by atoms with E-state index in [0.29, 0.717) is 23.1 Å². The number of anilines is 1. The van der Waals surface area contributed by atoms with E-state index in [0.717, 1.165) is 47.4 Å². The molecule has 1 N–H and O–H groups in total. The van der Waals surface area contributed by atoms with Gasteiger partial charge in [-0.15, -0.1) is 0 Å². The summed E-state index contributed by atoms with van der Waals surface area (Å²) in [5, 5.41) is 3.71. The largest absolute Gasteiger partial charge is 0.494 e. The van der Waals surface area contributed by atoms with Crippen LogP contribution in [0.5, 0.6) is 5.75 Å². The third-order valence-corrected chi connectivity index (χ3v) is 8.75. The van der Waals surface area contributed by atoms with Crippen LogP contribution in [-0.2, 0) is 32.6 Å². The predicted molar refractivity (Wildman–Crippen MR) is 166 cm³/mol. The molecule has 4 rings (SSSR count). The normalized spacial score (nSPS) is 14.3. The van der Waals surface area contributed by atoms with Crippen molar-refractivity contribution in [2.45, 2.75) is 57.7 Å². The lowest BCUT2D eigenvalue weighted by molar-refractivity contribution is -0.140. The number of ether oxygens (including phenoxy) is 1. The molecule has 0 unspecified atom stereocenters. The minimum atomic E-state index is -3.85. The first-order valence-corrected chi connectivity index (χ1v) is 16.5. The molecule has 10 heteroatoms. The van der Waals surface area contributed by atoms with Gasteiger partial charge in [-0.25, -0.2) is 8.42 Å². The van der Waals surface area contributed by atoms with Crippen molar-refractivity contribution in [1.29, 1.82) is 0 Å². The Balaban J connectivity index is 1.70. The van der Waals surface area contributed by atoms with Crippen molar-refractivity contribution in [1.82, 2.24) is 10.2 Å². The van der Waals surface area contributed by atoms with Crippen LogP contribution in [0, 0.1) is 0 Å². The van der Waals surface area contributed by atoms with Gasteiger partial charge in [0.1, 0.15) is 18.3 Å². The van der Waals surface area contributed by atoms with Crippen molar-refractivity contribution < 1.29 is 22.7 Å². The number of hydrogen-bond acceptors (Lipinski definition) is 5. The van der Waals surface area contributed by atoms with Gasteiger partial charge in [0.2, 0.25) is 21.8 Å². The van der Waals surface area contributed by atoms with Crippen LogP contribution in [0.2, 0.25) is 5.02 Å². The summed E-state index contributed by atoms with van der Waals surface area (Å²) in [5.41, 5.74) is 1.99. The van der Waals surface area contributed by atoms with E-state index < -0.39 is 28.5 Å². The molecule has 0 saturated heterocycles. The molecule has 8 nitrogen and oxygen atoms in total. The Morgan fingerprint density at radius 1 is 0.952 bits per heavy atom. The second-order valence-corrected chi connectivity index (χ2v) is 12.9. The molecule has 0 aliphatic heterocycles. The molecule has 0 spiro atoms. The van der Waals surface area contributed by atoms with E-state index in [1.807, 2.05) is 37.3 Å². The summed E-state index contributed by atoms with van der Waals surface area (Å²) >= 11 is 6.12. The highest BCUT2D eigenvalue weighted by Gasteiger charge is 2.34. The Morgan fingerprint density at radius 3 is 2.19 bits per heavy atom. The maximum Gasteiger partial charge on any atom is 0.244 e. The summed E-state index contributed by atoms with van der Waals surface area (Å²) in [6.07, 6.45) is 5.23. The standard InChI is InChI=1S/C32H38ClN3O5S/c1-3-41-29-19-17-28(18-20-29)36(42(2,39)40)23-31(37)35(22-25-13-15-26(33)16-14-25)30(21-24-9-5-4-6-10-24)32(38)34-27-11-7-8-12-27/h4-6,9-10,13-20,27,30H,3,7-8,11-12,21-23H2,1-2H3,(H,34,38)/t30-/m1/s1. The molecule has 1 aliphatic rings. The first-order chi connectivity index (χ1) is 20.1. The number of rotatable bonds is 13. The van der Waals surface area contributed by atoms with Crippen LogP contribution in [0.3, 0.4) is 0 Å². The summed E-state index contributed by atoms with van der Waals surface area (Å²) in [5.74, 6) is -0.149. The van der Waals surface area contributed by atoms with Gasteiger partial charge in [-0.2, -0.15) is 0 Å². The average Bonchev–Trinajstić information content (AvgIpc) is 3.48. The maximum atomic E-state index is 14.2. The highest BCUT2D eigenvalue weighted by atomic mass is 35.5. The van der Waals surface area contributed by atoms with Crippen LogP contribution >= 0.6 is 11.6 Å². The Labute approximate surface area is 253 Å². The van der Waals surface area contributed by atoms with Gasteiger partial charge in [0.05, 0.1) is 18.6 Å². The zero-order chi connectivity index (χ0) is 30.1. The lowest BCUT2D eigenvalue weighted by Gasteiger charge is -2.34. The summed E-state index contributed by atoms with van der Waals surface area (Å²) in [4.78, 5) is 29.5. The molecule has 0 bridgehead atoms. The third-order valence-electron chi connectivity index (χ3n) is 7.35. The van der Waals surface area contributed by atoms with E-state index >= 15 is 0 Å². The van der Waals surface area contributed by atoms with E-state index in [9.17, 15) is 18.0 Å². The molecule has 3 aromatic carbocycles. The van der Waals surface area contributed by atoms with Gasteiger partial charge in [0, 0.05) is 24.0 Å². The van der Waals surface area contributed by atoms with Gasteiger partial charge >= 0.3 is 0 Å². The molecule has 0 heterocycles. The van der Waals surface area contributed by atoms with Gasteiger partial charge in [0.25, 0.3) is 0 Å². The van der Waals surface area contributed by atoms with Crippen LogP contribution in [-0.4, -0.2) is 56.6 Å². The highest BCUT2D eigenvalue weighted by molar-refractivity contribution is 7.92. The molecule has 1 aliphatic carbocycles. The smallest absolute Gasteiger partial charge is 0.244 e. The minimum Gasteiger partial charge on any atom is -0.494 e. The van der Waals surface area contributed by atoms with E-state index in [1.165, 1.54) is 4.90 Å². The first kappa shape index (κ1) is 31.4. The van der Waals surface area contributed by atoms with Gasteiger partial charge in [-0.1, -0.05) is 66.9 Å². The van der Waals surface area contributed by atoms with Crippen molar-refractivity contribution in [2.24, 2.45) is 0 Å². The summed E-state index contributed by atoms with van der Waals surface area (Å²) in [6.45, 7) is 1.97. The number of hydrogen-bond donors (Lipinski definition) is 1. The van der Waals surface area contributed by atoms with Crippen LogP contribution in [0.4, 0.5) is 5.69 Å². The van der Waals surface area contributed by atoms with Crippen molar-refractivity contribution in [3.8, 4) is 5.75 Å². The zero-order valence-electron chi connectivity index (χ0n) is 24.0. The fourth-order valence-corrected chi connectivity index (χ4v) is 6.17. The number of nitrogens with zero attached hydrogens (tertiary/aromatic N) is 2. The quantitative estimate of drug-likeness (QED) is 0.286. The molecule has 0 aromatic heterocycles. The fourth-order valence-electron chi connectivity index (χ4n) is 5.20. The molecule has 42 heavy (non-hydrogen) atoms. The van der Waals surface area contributed by atoms with Crippen LogP contribution in [0.15, 0.2) is 78.9 Å². The summed E-state index contributed by atoms with van der Waals surface area (Å²) in [7, 11) is -3.85. The molecular weight excluding hydrogens is 574 g/mol. The Hall–Kier alpha value is -3.56. The lowest BCUT2D eigenvalue weighted by Crippen LogP contribution is -2.54. The topological polar surface area (TPSA) is 96.0 Å². The molecular formula is C32H38ClN3O5S. The number of nitrogens with one attached hydrogen (secondary N) is 1. The highest BCUT2D eigenvalue weighted by Crippen LogP contribution is 2.24. The second kappa shape index (κ2) is 14.6. The molecule has 0 radical (unpaired) electrons. The molecule has 1 saturated carbocycles. The molecule has 1 fully saturated rings. The summed E-state index contributed by atoms with van der Waals surface area (Å²) < 4.78 is 32.5. The predicted octanol–water partition coefficient (Wildman–Crippen LogP) is 5.20. The number of halogens is 1. The fraction of sp³-hybridized carbons (Fsp3) is 0.375. The minimum absolute atomic E-state index is 0.0552. The lowest BCUT2D eigenvalue weighted by atomic mass is 10.0. The first-order valence-electron chi connectivity index (χ1n) is 14.2. The average molecular weight is 612 g/mol. The van der Waals surface area contributed by atoms with Crippen LogP contribution in [0.25, 0.3) is 0 Å². The SMILES string of the molecule is CCOc1ccc(N(CC(=O)N(Cc2ccc(Cl)cc2)[C@H](Cc2ccccc2)C(=O)NC2CCCC2)S(C)(=O)=O)cc1. The Bertz CT molecular complexity index is 1430. The van der Waals surface area contributed by atoms with Gasteiger partial charge in [0.15, 0.2) is 0 Å². The third kappa shape index (κ3) is 8.72. The van der Waals surface area contributed by atoms with Crippen LogP contribution < -0.4 is 14.4 Å². The number of benzene rings is 3. The van der Waals surface area contributed by atoms with E-state index in [-0.39, 0.29) is 24.9 Å². The van der Waals surface area contributed by atoms with Crippen molar-refractivity contribution in [2.75, 3.05) is 23.7 Å². The monoisotopic (exact) mass is 611 g/mol. The molecule has 2 amide bonds. The number of carbonyl (C=O) groups is 2. The summed E-state index contributed by atoms with van der Waals surface area (Å²) in [6, 6.07) is 22.3. The molecule has 224 valence electrons. The zero-order valence-corrected chi connectivity index (χ0v) is 25.6. The van der Waals surface area contributed by atoms with Gasteiger partial charge in [-0.3, -0.25) is 13.9 Å². The maximum absolute atomic E-state index is 14.2. The number of sulfonamides is 1. The van der Waals surface area contributed by atoms with Crippen molar-refractivity contribution >= 4 is 39.1 Å². The number of amides is 2. The Kier molecular flexibility index (Phi) is 10.9. The van der Waals surface area contributed by atoms with E-state index in [2.05, 4.69) is 5.32 Å². The van der Waals surface area contributed by atoms with E-state index in [1.54, 1.807) is 48.5 Å². The van der Waals surface area contributed by atoms with Crippen molar-refractivity contribution in [3.05, 3.63) is 95.0 Å². The van der Waals surface area contributed by atoms with Crippen LogP contribution in [0.1, 0.15) is 43.7 Å². The van der Waals surface area contributed by atoms with Gasteiger partial charge in [-0.05, 0) is 67.3 Å². The Morgan fingerprint density at radius 2 is 1.60 bits per heavy atom. The molecule has 3 aromatic rings.